The molecule has 0 amide bonds. The lowest BCUT2D eigenvalue weighted by Gasteiger charge is -2.49. The van der Waals surface area contributed by atoms with E-state index >= 15 is 0 Å². The molecule has 0 bridgehead atoms. The summed E-state index contributed by atoms with van der Waals surface area (Å²) in [7, 11) is -3.13. The summed E-state index contributed by atoms with van der Waals surface area (Å²) in [5.74, 6) is -1.71. The first-order valence-corrected chi connectivity index (χ1v) is 16.1. The summed E-state index contributed by atoms with van der Waals surface area (Å²) in [4.78, 5) is 0. The Labute approximate surface area is 246 Å². The average Bonchev–Trinajstić information content (AvgIpc) is 2.99. The third-order valence-corrected chi connectivity index (χ3v) is 12.4. The predicted molar refractivity (Wildman–Crippen MR) is 170 cm³/mol. The van der Waals surface area contributed by atoms with Crippen LogP contribution in [-0.2, 0) is 27.1 Å². The topological polar surface area (TPSA) is 47.9 Å². The van der Waals surface area contributed by atoms with Crippen LogP contribution < -0.4 is 10.4 Å². The van der Waals surface area contributed by atoms with Crippen molar-refractivity contribution in [3.63, 3.8) is 0 Å². The van der Waals surface area contributed by atoms with Crippen LogP contribution in [0.1, 0.15) is 38.3 Å². The molecule has 0 spiro atoms. The minimum atomic E-state index is -3.13. The monoisotopic (exact) mass is 566 g/mol. The quantitative estimate of drug-likeness (QED) is 0.106. The molecule has 0 aromatic heterocycles. The van der Waals surface area contributed by atoms with Crippen LogP contribution in [0.25, 0.3) is 0 Å². The first kappa shape index (κ1) is 30.6. The zero-order valence-electron chi connectivity index (χ0n) is 24.4. The molecule has 0 radical (unpaired) electrons. The van der Waals surface area contributed by atoms with E-state index in [2.05, 4.69) is 51.6 Å². The smallest absolute Gasteiger partial charge is 0.264 e. The van der Waals surface area contributed by atoms with Gasteiger partial charge in [-0.05, 0) is 26.5 Å². The summed E-state index contributed by atoms with van der Waals surface area (Å²) >= 11 is 0. The Morgan fingerprint density at radius 1 is 0.707 bits per heavy atom. The zero-order chi connectivity index (χ0) is 29.2. The lowest BCUT2D eigenvalue weighted by atomic mass is 10.1. The number of ether oxygens (including phenoxy) is 2. The van der Waals surface area contributed by atoms with Crippen molar-refractivity contribution in [2.75, 3.05) is 6.61 Å². The lowest BCUT2D eigenvalue weighted by molar-refractivity contribution is -0.240. The third kappa shape index (κ3) is 7.50. The second-order valence-corrected chi connectivity index (χ2v) is 15.6. The number of rotatable bonds is 14. The van der Waals surface area contributed by atoms with Crippen molar-refractivity contribution in [1.82, 2.24) is 0 Å². The Bertz CT molecular complexity index is 1280. The highest BCUT2D eigenvalue weighted by Gasteiger charge is 2.56. The van der Waals surface area contributed by atoms with Crippen LogP contribution in [0, 0.1) is 0 Å². The first-order valence-electron chi connectivity index (χ1n) is 14.2. The summed E-state index contributed by atoms with van der Waals surface area (Å²) in [6.07, 6.45) is 1.09. The van der Waals surface area contributed by atoms with Crippen molar-refractivity contribution in [3.8, 4) is 0 Å². The lowest BCUT2D eigenvalue weighted by Crippen LogP contribution is -2.71. The fraction of sp³-hybridized carbons (Fsp3) is 0.278. The summed E-state index contributed by atoms with van der Waals surface area (Å²) in [6.45, 7) is 11.4. The minimum Gasteiger partial charge on any atom is -0.378 e. The third-order valence-electron chi connectivity index (χ3n) is 7.36. The average molecular weight is 567 g/mol. The number of benzene rings is 4. The minimum absolute atomic E-state index is 0.143. The first-order chi connectivity index (χ1) is 19.8. The zero-order valence-corrected chi connectivity index (χ0v) is 25.4. The molecule has 4 rings (SSSR count). The molecule has 2 atom stereocenters. The van der Waals surface area contributed by atoms with Crippen LogP contribution in [0.4, 0.5) is 0 Å². The van der Waals surface area contributed by atoms with E-state index in [-0.39, 0.29) is 18.1 Å². The fourth-order valence-corrected chi connectivity index (χ4v) is 9.97. The van der Waals surface area contributed by atoms with Gasteiger partial charge in [0.2, 0.25) is 0 Å². The second-order valence-electron chi connectivity index (χ2n) is 11.4. The molecule has 0 aliphatic carbocycles. The standard InChI is InChI=1S/C36H42O4Si/c1-5-26-36(37,34(39-28-31-20-12-7-13-21-31)29-38-27-30-18-10-6-11-19-30)40-41(35(2,3)4,32-22-14-8-15-23-32)33-24-16-9-17-25-33/h5-25,34,37H,1,26-29H2,2-4H3/t34-,36-/m0/s1. The maximum Gasteiger partial charge on any atom is 0.264 e. The van der Waals surface area contributed by atoms with Crippen molar-refractivity contribution in [3.05, 3.63) is 145 Å². The molecule has 5 heteroatoms. The highest BCUT2D eigenvalue weighted by molar-refractivity contribution is 6.99. The van der Waals surface area contributed by atoms with Gasteiger partial charge in [0.05, 0.1) is 19.8 Å². The Hall–Kier alpha value is -3.32. The van der Waals surface area contributed by atoms with Crippen LogP contribution in [0.15, 0.2) is 134 Å². The van der Waals surface area contributed by atoms with Crippen molar-refractivity contribution in [1.29, 1.82) is 0 Å². The summed E-state index contributed by atoms with van der Waals surface area (Å²) in [5, 5.41) is 14.4. The van der Waals surface area contributed by atoms with Gasteiger partial charge in [-0.3, -0.25) is 0 Å². The van der Waals surface area contributed by atoms with Gasteiger partial charge in [-0.25, -0.2) is 0 Å². The van der Waals surface area contributed by atoms with E-state index in [0.29, 0.717) is 13.2 Å². The van der Waals surface area contributed by atoms with Gasteiger partial charge in [0, 0.05) is 6.42 Å². The molecule has 0 aliphatic rings. The van der Waals surface area contributed by atoms with Gasteiger partial charge in [0.15, 0.2) is 5.79 Å². The number of hydrogen-bond donors (Lipinski definition) is 1. The highest BCUT2D eigenvalue weighted by Crippen LogP contribution is 2.41. The van der Waals surface area contributed by atoms with Crippen molar-refractivity contribution >= 4 is 18.7 Å². The molecule has 0 fully saturated rings. The Kier molecular flexibility index (Phi) is 10.5. The second kappa shape index (κ2) is 14.0. The number of aliphatic hydroxyl groups is 1. The van der Waals surface area contributed by atoms with E-state index in [9.17, 15) is 5.11 Å². The molecule has 0 saturated heterocycles. The van der Waals surface area contributed by atoms with Crippen LogP contribution >= 0.6 is 0 Å². The Morgan fingerprint density at radius 3 is 1.59 bits per heavy atom. The molecule has 4 aromatic carbocycles. The Morgan fingerprint density at radius 2 is 1.15 bits per heavy atom. The Balaban J connectivity index is 1.76. The molecule has 4 aromatic rings. The van der Waals surface area contributed by atoms with Gasteiger partial charge in [0.25, 0.3) is 8.32 Å². The molecule has 0 unspecified atom stereocenters. The van der Waals surface area contributed by atoms with E-state index < -0.39 is 20.2 Å². The normalized spacial score (nSPS) is 14.2. The molecule has 4 nitrogen and oxygen atoms in total. The van der Waals surface area contributed by atoms with E-state index in [1.807, 2.05) is 97.1 Å². The van der Waals surface area contributed by atoms with Gasteiger partial charge in [0.1, 0.15) is 6.10 Å². The molecule has 0 heterocycles. The maximum absolute atomic E-state index is 12.6. The van der Waals surface area contributed by atoms with E-state index in [1.54, 1.807) is 6.08 Å². The van der Waals surface area contributed by atoms with Crippen molar-refractivity contribution in [2.24, 2.45) is 0 Å². The van der Waals surface area contributed by atoms with Crippen LogP contribution in [0.5, 0.6) is 0 Å². The summed E-state index contributed by atoms with van der Waals surface area (Å²) in [5.41, 5.74) is 2.06. The van der Waals surface area contributed by atoms with Crippen LogP contribution in [0.3, 0.4) is 0 Å². The van der Waals surface area contributed by atoms with Gasteiger partial charge >= 0.3 is 0 Å². The van der Waals surface area contributed by atoms with E-state index in [1.165, 1.54) is 0 Å². The molecule has 0 saturated carbocycles. The predicted octanol–water partition coefficient (Wildman–Crippen LogP) is 6.63. The van der Waals surface area contributed by atoms with Gasteiger partial charge < -0.3 is 19.0 Å². The molecule has 1 N–H and O–H groups in total. The van der Waals surface area contributed by atoms with Crippen LogP contribution in [0.2, 0.25) is 5.04 Å². The maximum atomic E-state index is 12.6. The fourth-order valence-electron chi connectivity index (χ4n) is 5.30. The van der Waals surface area contributed by atoms with Crippen LogP contribution in [-0.4, -0.2) is 31.9 Å². The van der Waals surface area contributed by atoms with Crippen molar-refractivity contribution in [2.45, 2.75) is 57.3 Å². The highest BCUT2D eigenvalue weighted by atomic mass is 28.4. The van der Waals surface area contributed by atoms with Gasteiger partial charge in [-0.1, -0.05) is 148 Å². The van der Waals surface area contributed by atoms with Crippen molar-refractivity contribution < 1.29 is 19.0 Å². The van der Waals surface area contributed by atoms with Gasteiger partial charge in [-0.15, -0.1) is 6.58 Å². The van der Waals surface area contributed by atoms with Gasteiger partial charge in [-0.2, -0.15) is 0 Å². The molecular formula is C36H42O4Si. The van der Waals surface area contributed by atoms with E-state index in [4.69, 9.17) is 13.9 Å². The largest absolute Gasteiger partial charge is 0.378 e. The SMILES string of the molecule is C=CC[C@](O)(O[Si](c1ccccc1)(c1ccccc1)C(C)(C)C)[C@H](COCc1ccccc1)OCc1ccccc1. The van der Waals surface area contributed by atoms with E-state index in [0.717, 1.165) is 21.5 Å². The summed E-state index contributed by atoms with van der Waals surface area (Å²) < 4.78 is 20.0. The summed E-state index contributed by atoms with van der Waals surface area (Å²) in [6, 6.07) is 40.6. The molecule has 41 heavy (non-hydrogen) atoms. The molecule has 0 aliphatic heterocycles. The number of hydrogen-bond acceptors (Lipinski definition) is 4. The molecule has 214 valence electrons. The molecular weight excluding hydrogens is 524 g/mol.